The number of fused-ring (bicyclic) bond motifs is 1. The molecule has 0 radical (unpaired) electrons. The van der Waals surface area contributed by atoms with Crippen molar-refractivity contribution in [2.75, 3.05) is 11.4 Å². The van der Waals surface area contributed by atoms with Gasteiger partial charge in [-0.3, -0.25) is 19.6 Å². The molecule has 5 heteroatoms. The fraction of sp³-hybridized carbons (Fsp3) is 0.0476. The van der Waals surface area contributed by atoms with E-state index in [1.165, 1.54) is 4.90 Å². The summed E-state index contributed by atoms with van der Waals surface area (Å²) in [5.74, 6) is -0.981. The maximum atomic E-state index is 12.4. The number of aromatic nitrogens is 2. The Kier molecular flexibility index (Phi) is 4.11. The molecule has 1 aliphatic rings. The Bertz CT molecular complexity index is 998. The SMILES string of the molecule is O=C1C(=O)N(C/C=C/c2ccccn2)c2ccc(-c3cccnc3)cc21. The third-order valence-electron chi connectivity index (χ3n) is 4.23. The van der Waals surface area contributed by atoms with Gasteiger partial charge in [-0.2, -0.15) is 0 Å². The number of hydrogen-bond donors (Lipinski definition) is 0. The van der Waals surface area contributed by atoms with Gasteiger partial charge in [-0.05, 0) is 42.0 Å². The van der Waals surface area contributed by atoms with Gasteiger partial charge in [0.2, 0.25) is 0 Å². The number of nitrogens with zero attached hydrogens (tertiary/aromatic N) is 3. The highest BCUT2D eigenvalue weighted by Gasteiger charge is 2.35. The van der Waals surface area contributed by atoms with E-state index in [4.69, 9.17) is 0 Å². The molecule has 4 rings (SSSR count). The standard InChI is InChI=1S/C21H15N3O2/c25-20-18-13-15(16-5-3-10-22-14-16)8-9-19(18)24(21(20)26)12-4-7-17-6-1-2-11-23-17/h1-11,13-14H,12H2/b7-4+. The zero-order chi connectivity index (χ0) is 17.9. The molecule has 0 saturated heterocycles. The van der Waals surface area contributed by atoms with E-state index in [0.29, 0.717) is 17.8 Å². The Morgan fingerprint density at radius 3 is 2.65 bits per heavy atom. The number of amides is 1. The van der Waals surface area contributed by atoms with Gasteiger partial charge in [-0.25, -0.2) is 0 Å². The zero-order valence-electron chi connectivity index (χ0n) is 13.9. The average molecular weight is 341 g/mol. The van der Waals surface area contributed by atoms with Crippen molar-refractivity contribution in [2.45, 2.75) is 0 Å². The molecule has 2 aromatic heterocycles. The topological polar surface area (TPSA) is 63.2 Å². The predicted octanol–water partition coefficient (Wildman–Crippen LogP) is 3.39. The number of hydrogen-bond acceptors (Lipinski definition) is 4. The van der Waals surface area contributed by atoms with Crippen molar-refractivity contribution in [2.24, 2.45) is 0 Å². The summed E-state index contributed by atoms with van der Waals surface area (Å²) < 4.78 is 0. The maximum Gasteiger partial charge on any atom is 0.299 e. The molecule has 26 heavy (non-hydrogen) atoms. The second-order valence-electron chi connectivity index (χ2n) is 5.88. The van der Waals surface area contributed by atoms with Crippen molar-refractivity contribution >= 4 is 23.5 Å². The number of benzene rings is 1. The molecule has 0 saturated carbocycles. The first-order chi connectivity index (χ1) is 12.7. The van der Waals surface area contributed by atoms with Crippen LogP contribution in [0.5, 0.6) is 0 Å². The minimum absolute atomic E-state index is 0.320. The van der Waals surface area contributed by atoms with E-state index >= 15 is 0 Å². The van der Waals surface area contributed by atoms with Crippen molar-refractivity contribution < 1.29 is 9.59 Å². The molecule has 0 N–H and O–H groups in total. The maximum absolute atomic E-state index is 12.4. The molecular formula is C21H15N3O2. The van der Waals surface area contributed by atoms with Gasteiger partial charge in [0.25, 0.3) is 11.7 Å². The van der Waals surface area contributed by atoms with E-state index in [0.717, 1.165) is 16.8 Å². The second-order valence-corrected chi connectivity index (χ2v) is 5.88. The van der Waals surface area contributed by atoms with Crippen LogP contribution in [0.4, 0.5) is 5.69 Å². The number of anilines is 1. The molecule has 0 unspecified atom stereocenters. The lowest BCUT2D eigenvalue weighted by Crippen LogP contribution is -2.29. The molecule has 126 valence electrons. The van der Waals surface area contributed by atoms with E-state index in [1.807, 2.05) is 54.6 Å². The largest absolute Gasteiger partial charge is 0.301 e. The summed E-state index contributed by atoms with van der Waals surface area (Å²) in [6, 6.07) is 14.8. The van der Waals surface area contributed by atoms with Crippen LogP contribution < -0.4 is 4.90 Å². The van der Waals surface area contributed by atoms with Crippen LogP contribution in [0.1, 0.15) is 16.1 Å². The van der Waals surface area contributed by atoms with Crippen molar-refractivity contribution in [3.63, 3.8) is 0 Å². The average Bonchev–Trinajstić information content (AvgIpc) is 2.94. The highest BCUT2D eigenvalue weighted by Crippen LogP contribution is 2.32. The molecule has 1 aliphatic heterocycles. The monoisotopic (exact) mass is 341 g/mol. The lowest BCUT2D eigenvalue weighted by atomic mass is 10.0. The molecule has 1 amide bonds. The molecule has 3 aromatic rings. The van der Waals surface area contributed by atoms with Gasteiger partial charge in [0.05, 0.1) is 16.9 Å². The minimum Gasteiger partial charge on any atom is -0.301 e. The smallest absolute Gasteiger partial charge is 0.299 e. The van der Waals surface area contributed by atoms with Crippen molar-refractivity contribution in [1.82, 2.24) is 9.97 Å². The Labute approximate surface area is 150 Å². The van der Waals surface area contributed by atoms with Crippen LogP contribution in [0.25, 0.3) is 17.2 Å². The third-order valence-corrected chi connectivity index (χ3v) is 4.23. The quantitative estimate of drug-likeness (QED) is 0.683. The molecule has 0 aliphatic carbocycles. The van der Waals surface area contributed by atoms with Gasteiger partial charge in [0, 0.05) is 30.7 Å². The molecule has 0 fully saturated rings. The van der Waals surface area contributed by atoms with E-state index in [2.05, 4.69) is 9.97 Å². The molecule has 1 aromatic carbocycles. The molecule has 5 nitrogen and oxygen atoms in total. The Morgan fingerprint density at radius 2 is 1.88 bits per heavy atom. The lowest BCUT2D eigenvalue weighted by molar-refractivity contribution is -0.114. The van der Waals surface area contributed by atoms with Crippen LogP contribution in [0.3, 0.4) is 0 Å². The van der Waals surface area contributed by atoms with Crippen molar-refractivity contribution in [1.29, 1.82) is 0 Å². The Hall–Kier alpha value is -3.60. The van der Waals surface area contributed by atoms with Crippen LogP contribution in [-0.2, 0) is 4.79 Å². The van der Waals surface area contributed by atoms with Gasteiger partial charge in [-0.1, -0.05) is 24.3 Å². The van der Waals surface area contributed by atoms with Crippen LogP contribution >= 0.6 is 0 Å². The van der Waals surface area contributed by atoms with E-state index in [-0.39, 0.29) is 0 Å². The van der Waals surface area contributed by atoms with Crippen LogP contribution in [0.15, 0.2) is 73.2 Å². The molecule has 3 heterocycles. The number of pyridine rings is 2. The van der Waals surface area contributed by atoms with E-state index in [1.54, 1.807) is 24.7 Å². The Balaban J connectivity index is 1.61. The number of carbonyl (C=O) groups excluding carboxylic acids is 2. The summed E-state index contributed by atoms with van der Waals surface area (Å²) in [6.07, 6.45) is 8.80. The highest BCUT2D eigenvalue weighted by atomic mass is 16.2. The van der Waals surface area contributed by atoms with Gasteiger partial charge >= 0.3 is 0 Å². The second kappa shape index (κ2) is 6.72. The summed E-state index contributed by atoms with van der Waals surface area (Å²) >= 11 is 0. The molecule has 0 atom stereocenters. The van der Waals surface area contributed by atoms with Crippen LogP contribution in [0.2, 0.25) is 0 Å². The summed E-state index contributed by atoms with van der Waals surface area (Å²) in [4.78, 5) is 34.5. The van der Waals surface area contributed by atoms with Gasteiger partial charge in [0.15, 0.2) is 0 Å². The fourth-order valence-electron chi connectivity index (χ4n) is 2.95. The highest BCUT2D eigenvalue weighted by molar-refractivity contribution is 6.52. The first-order valence-corrected chi connectivity index (χ1v) is 8.22. The van der Waals surface area contributed by atoms with Gasteiger partial charge < -0.3 is 4.90 Å². The molecular weight excluding hydrogens is 326 g/mol. The van der Waals surface area contributed by atoms with Gasteiger partial charge in [0.1, 0.15) is 0 Å². The van der Waals surface area contributed by atoms with Crippen molar-refractivity contribution in [3.8, 4) is 11.1 Å². The third kappa shape index (κ3) is 2.91. The minimum atomic E-state index is -0.506. The number of carbonyl (C=O) groups is 2. The summed E-state index contributed by atoms with van der Waals surface area (Å²) in [5, 5.41) is 0. The van der Waals surface area contributed by atoms with Crippen LogP contribution in [0, 0.1) is 0 Å². The van der Waals surface area contributed by atoms with Crippen molar-refractivity contribution in [3.05, 3.63) is 84.5 Å². The molecule has 0 bridgehead atoms. The van der Waals surface area contributed by atoms with E-state index in [9.17, 15) is 9.59 Å². The molecule has 0 spiro atoms. The van der Waals surface area contributed by atoms with Crippen LogP contribution in [-0.4, -0.2) is 28.2 Å². The first kappa shape index (κ1) is 15.9. The predicted molar refractivity (Wildman–Crippen MR) is 99.6 cm³/mol. The summed E-state index contributed by atoms with van der Waals surface area (Å²) in [5.41, 5.74) is 3.64. The zero-order valence-corrected chi connectivity index (χ0v) is 13.9. The number of ketones is 1. The first-order valence-electron chi connectivity index (χ1n) is 8.22. The number of Topliss-reactive ketones (excluding diaryl/α,β-unsaturated/α-hetero) is 1. The lowest BCUT2D eigenvalue weighted by Gasteiger charge is -2.14. The normalized spacial score (nSPS) is 13.5. The summed E-state index contributed by atoms with van der Waals surface area (Å²) in [7, 11) is 0. The van der Waals surface area contributed by atoms with Gasteiger partial charge in [-0.15, -0.1) is 0 Å². The fourth-order valence-corrected chi connectivity index (χ4v) is 2.95. The summed E-state index contributed by atoms with van der Waals surface area (Å²) in [6.45, 7) is 0.320. The Morgan fingerprint density at radius 1 is 0.962 bits per heavy atom. The number of rotatable bonds is 4. The van der Waals surface area contributed by atoms with E-state index < -0.39 is 11.7 Å².